The molecule has 0 saturated carbocycles. The Kier molecular flexibility index (Phi) is 5.88. The number of aromatic nitrogens is 1. The number of benzene rings is 2. The maximum absolute atomic E-state index is 13.0. The van der Waals surface area contributed by atoms with E-state index in [4.69, 9.17) is 27.9 Å². The minimum absolute atomic E-state index is 0.157. The zero-order valence-electron chi connectivity index (χ0n) is 15.4. The van der Waals surface area contributed by atoms with Crippen LogP contribution in [0.1, 0.15) is 15.2 Å². The van der Waals surface area contributed by atoms with Gasteiger partial charge in [0.2, 0.25) is 10.0 Å². The molecule has 0 amide bonds. The lowest BCUT2D eigenvalue weighted by Gasteiger charge is -2.22. The summed E-state index contributed by atoms with van der Waals surface area (Å²) < 4.78 is 31.6. The molecular formula is C19H16Cl2N2O5S. The van der Waals surface area contributed by atoms with E-state index < -0.39 is 28.4 Å². The van der Waals surface area contributed by atoms with Crippen LogP contribution >= 0.6 is 23.2 Å². The molecule has 3 aromatic rings. The summed E-state index contributed by atoms with van der Waals surface area (Å²) >= 11 is 11.9. The van der Waals surface area contributed by atoms with Crippen LogP contribution in [0, 0.1) is 0 Å². The van der Waals surface area contributed by atoms with Gasteiger partial charge >= 0.3 is 5.97 Å². The van der Waals surface area contributed by atoms with Crippen molar-refractivity contribution in [1.29, 1.82) is 0 Å². The molecule has 0 N–H and O–H groups in total. The summed E-state index contributed by atoms with van der Waals surface area (Å²) in [6, 6.07) is 11.0. The lowest BCUT2D eigenvalue weighted by atomic mass is 10.2. The Balaban J connectivity index is 2.05. The van der Waals surface area contributed by atoms with Crippen molar-refractivity contribution in [2.75, 3.05) is 24.2 Å². The Hall–Kier alpha value is -2.55. The van der Waals surface area contributed by atoms with E-state index in [0.29, 0.717) is 10.9 Å². The minimum atomic E-state index is -3.81. The van der Waals surface area contributed by atoms with Gasteiger partial charge in [-0.1, -0.05) is 41.4 Å². The Bertz CT molecular complexity index is 1220. The number of ether oxygens (including phenoxy) is 1. The quantitative estimate of drug-likeness (QED) is 0.546. The number of rotatable bonds is 5. The molecule has 7 nitrogen and oxygen atoms in total. The van der Waals surface area contributed by atoms with Crippen LogP contribution in [-0.2, 0) is 14.8 Å². The predicted molar refractivity (Wildman–Crippen MR) is 113 cm³/mol. The first-order valence-electron chi connectivity index (χ1n) is 8.28. The summed E-state index contributed by atoms with van der Waals surface area (Å²) in [6.45, 7) is -0.504. The molecule has 0 fully saturated rings. The minimum Gasteiger partial charge on any atom is -0.465 e. The third-order valence-corrected chi connectivity index (χ3v) is 6.14. The van der Waals surface area contributed by atoms with Crippen LogP contribution in [0.5, 0.6) is 0 Å². The molecule has 1 heterocycles. The number of esters is 1. The van der Waals surface area contributed by atoms with Gasteiger partial charge in [-0.05, 0) is 24.3 Å². The first-order chi connectivity index (χ1) is 13.6. The Morgan fingerprint density at radius 2 is 1.79 bits per heavy atom. The summed E-state index contributed by atoms with van der Waals surface area (Å²) in [6.07, 6.45) is 2.32. The molecule has 0 saturated heterocycles. The van der Waals surface area contributed by atoms with Crippen molar-refractivity contribution < 1.29 is 22.7 Å². The number of hydrogen-bond acceptors (Lipinski definition) is 5. The van der Waals surface area contributed by atoms with E-state index in [1.807, 2.05) is 0 Å². The van der Waals surface area contributed by atoms with Crippen LogP contribution in [-0.4, -0.2) is 44.8 Å². The normalized spacial score (nSPS) is 11.4. The highest BCUT2D eigenvalue weighted by molar-refractivity contribution is 7.92. The number of halogens is 2. The van der Waals surface area contributed by atoms with Crippen molar-refractivity contribution in [1.82, 2.24) is 4.57 Å². The summed E-state index contributed by atoms with van der Waals surface area (Å²) in [4.78, 5) is 25.1. The highest BCUT2D eigenvalue weighted by Crippen LogP contribution is 2.29. The fourth-order valence-electron chi connectivity index (χ4n) is 2.90. The molecule has 1 aromatic heterocycles. The van der Waals surface area contributed by atoms with E-state index >= 15 is 0 Å². The Morgan fingerprint density at radius 1 is 1.10 bits per heavy atom. The Labute approximate surface area is 177 Å². The predicted octanol–water partition coefficient (Wildman–Crippen LogP) is 3.84. The standard InChI is InChI=1S/C19H16Cl2N2O5S/c1-28-19(25)14-10-22(17-6-4-3-5-13(14)17)18(24)11-23(29(2,26)27)12-7-8-15(20)16(21)9-12/h3-10H,11H2,1-2H3. The number of sulfonamides is 1. The average molecular weight is 455 g/mol. The van der Waals surface area contributed by atoms with E-state index in [-0.39, 0.29) is 21.3 Å². The third kappa shape index (κ3) is 4.24. The smallest absolute Gasteiger partial charge is 0.340 e. The van der Waals surface area contributed by atoms with Crippen molar-refractivity contribution in [2.45, 2.75) is 0 Å². The second kappa shape index (κ2) is 8.06. The molecule has 10 heteroatoms. The van der Waals surface area contributed by atoms with Gasteiger partial charge in [-0.15, -0.1) is 0 Å². The van der Waals surface area contributed by atoms with Gasteiger partial charge in [-0.2, -0.15) is 0 Å². The molecule has 0 atom stereocenters. The number of carbonyl (C=O) groups is 2. The molecule has 0 aliphatic rings. The molecule has 0 spiro atoms. The van der Waals surface area contributed by atoms with Crippen LogP contribution < -0.4 is 4.31 Å². The van der Waals surface area contributed by atoms with Gasteiger partial charge in [-0.3, -0.25) is 13.7 Å². The monoisotopic (exact) mass is 454 g/mol. The molecule has 29 heavy (non-hydrogen) atoms. The highest BCUT2D eigenvalue weighted by Gasteiger charge is 2.25. The van der Waals surface area contributed by atoms with Gasteiger partial charge in [0.15, 0.2) is 0 Å². The molecule has 0 aliphatic heterocycles. The fraction of sp³-hybridized carbons (Fsp3) is 0.158. The van der Waals surface area contributed by atoms with Gasteiger partial charge in [0, 0.05) is 11.6 Å². The SMILES string of the molecule is COC(=O)c1cn(C(=O)CN(c2ccc(Cl)c(Cl)c2)S(C)(=O)=O)c2ccccc12. The number of methoxy groups -OCH3 is 1. The summed E-state index contributed by atoms with van der Waals surface area (Å²) in [5.74, 6) is -1.16. The van der Waals surface area contributed by atoms with Gasteiger partial charge in [0.1, 0.15) is 6.54 Å². The molecule has 0 bridgehead atoms. The molecule has 2 aromatic carbocycles. The van der Waals surface area contributed by atoms with Crippen molar-refractivity contribution in [3.05, 3.63) is 64.3 Å². The van der Waals surface area contributed by atoms with Gasteiger partial charge in [-0.25, -0.2) is 13.2 Å². The van der Waals surface area contributed by atoms with Crippen molar-refractivity contribution >= 4 is 61.7 Å². The van der Waals surface area contributed by atoms with Crippen LogP contribution in [0.2, 0.25) is 10.0 Å². The first-order valence-corrected chi connectivity index (χ1v) is 10.9. The summed E-state index contributed by atoms with van der Waals surface area (Å²) in [5, 5.41) is 0.937. The molecule has 0 unspecified atom stereocenters. The fourth-order valence-corrected chi connectivity index (χ4v) is 4.03. The molecule has 152 valence electrons. The van der Waals surface area contributed by atoms with Gasteiger partial charge in [0.05, 0.1) is 40.2 Å². The van der Waals surface area contributed by atoms with Crippen LogP contribution in [0.15, 0.2) is 48.7 Å². The van der Waals surface area contributed by atoms with E-state index in [1.165, 1.54) is 36.1 Å². The molecular weight excluding hydrogens is 439 g/mol. The molecule has 3 rings (SSSR count). The van der Waals surface area contributed by atoms with Crippen molar-refractivity contribution in [3.8, 4) is 0 Å². The maximum atomic E-state index is 13.0. The third-order valence-electron chi connectivity index (χ3n) is 4.26. The van der Waals surface area contributed by atoms with Crippen LogP contribution in [0.3, 0.4) is 0 Å². The highest BCUT2D eigenvalue weighted by atomic mass is 35.5. The number of fused-ring (bicyclic) bond motifs is 1. The van der Waals surface area contributed by atoms with Crippen molar-refractivity contribution in [2.24, 2.45) is 0 Å². The first kappa shape index (κ1) is 21.2. The second-order valence-corrected chi connectivity index (χ2v) is 8.90. The van der Waals surface area contributed by atoms with E-state index in [0.717, 1.165) is 10.6 Å². The number of anilines is 1. The summed E-state index contributed by atoms with van der Waals surface area (Å²) in [7, 11) is -2.57. The van der Waals surface area contributed by atoms with Gasteiger partial charge < -0.3 is 4.74 Å². The van der Waals surface area contributed by atoms with Crippen LogP contribution in [0.4, 0.5) is 5.69 Å². The number of para-hydroxylation sites is 1. The van der Waals surface area contributed by atoms with E-state index in [2.05, 4.69) is 0 Å². The topological polar surface area (TPSA) is 85.7 Å². The molecule has 0 aliphatic carbocycles. The summed E-state index contributed by atoms with van der Waals surface area (Å²) in [5.41, 5.74) is 0.859. The molecule has 0 radical (unpaired) electrons. The zero-order chi connectivity index (χ0) is 21.3. The number of nitrogens with zero attached hydrogens (tertiary/aromatic N) is 2. The van der Waals surface area contributed by atoms with E-state index in [1.54, 1.807) is 24.3 Å². The largest absolute Gasteiger partial charge is 0.465 e. The van der Waals surface area contributed by atoms with Gasteiger partial charge in [0.25, 0.3) is 5.91 Å². The van der Waals surface area contributed by atoms with E-state index in [9.17, 15) is 18.0 Å². The lowest BCUT2D eigenvalue weighted by molar-refractivity contribution is 0.0603. The zero-order valence-corrected chi connectivity index (χ0v) is 17.8. The second-order valence-electron chi connectivity index (χ2n) is 6.18. The number of hydrogen-bond donors (Lipinski definition) is 0. The Morgan fingerprint density at radius 3 is 2.41 bits per heavy atom. The van der Waals surface area contributed by atoms with Crippen LogP contribution in [0.25, 0.3) is 10.9 Å². The maximum Gasteiger partial charge on any atom is 0.340 e. The average Bonchev–Trinajstić information content (AvgIpc) is 3.06. The number of carbonyl (C=O) groups excluding carboxylic acids is 2. The lowest BCUT2D eigenvalue weighted by Crippen LogP contribution is -2.36. The van der Waals surface area contributed by atoms with Crippen molar-refractivity contribution in [3.63, 3.8) is 0 Å².